The summed E-state index contributed by atoms with van der Waals surface area (Å²) in [4.78, 5) is 27.0. The summed E-state index contributed by atoms with van der Waals surface area (Å²) < 4.78 is 15.8. The van der Waals surface area contributed by atoms with E-state index in [1.165, 1.54) is 0 Å². The van der Waals surface area contributed by atoms with Crippen LogP contribution in [0, 0.1) is 5.92 Å². The van der Waals surface area contributed by atoms with Crippen molar-refractivity contribution in [1.82, 2.24) is 15.5 Å². The number of nitrogens with one attached hydrogen (secondary N) is 2. The van der Waals surface area contributed by atoms with Gasteiger partial charge in [0, 0.05) is 19.3 Å². The third-order valence-electron chi connectivity index (χ3n) is 4.60. The molecule has 2 aliphatic heterocycles. The molecule has 1 aromatic carbocycles. The Kier molecular flexibility index (Phi) is 6.18. The standard InChI is InChI=1S/C19H25N3O5/c1-3-27-18(23)16-15(12-22-8-10-26-11-9-22)20-19(24)21-17(16)13-4-6-14(25-2)7-5-13/h4-7,12,16-17H,3,8-11H2,1-2H3,(H2,20,21,24)/b15-12+/t16-,17-/m0/s1. The highest BCUT2D eigenvalue weighted by molar-refractivity contribution is 5.85. The topological polar surface area (TPSA) is 89.1 Å². The van der Waals surface area contributed by atoms with Gasteiger partial charge in [0.2, 0.25) is 0 Å². The maximum absolute atomic E-state index is 12.7. The van der Waals surface area contributed by atoms with E-state index in [9.17, 15) is 9.59 Å². The van der Waals surface area contributed by atoms with Crippen molar-refractivity contribution in [2.75, 3.05) is 40.0 Å². The highest BCUT2D eigenvalue weighted by atomic mass is 16.5. The predicted octanol–water partition coefficient (Wildman–Crippen LogP) is 1.40. The van der Waals surface area contributed by atoms with Gasteiger partial charge in [0.05, 0.1) is 38.7 Å². The number of carbonyl (C=O) groups is 2. The summed E-state index contributed by atoms with van der Waals surface area (Å²) in [6, 6.07) is 6.40. The van der Waals surface area contributed by atoms with E-state index in [0.29, 0.717) is 37.7 Å². The fourth-order valence-corrected chi connectivity index (χ4v) is 3.25. The van der Waals surface area contributed by atoms with E-state index in [4.69, 9.17) is 14.2 Å². The lowest BCUT2D eigenvalue weighted by Gasteiger charge is -2.35. The van der Waals surface area contributed by atoms with Crippen LogP contribution in [0.3, 0.4) is 0 Å². The van der Waals surface area contributed by atoms with Crippen molar-refractivity contribution in [1.29, 1.82) is 0 Å². The maximum atomic E-state index is 12.7. The van der Waals surface area contributed by atoms with Crippen molar-refractivity contribution >= 4 is 12.0 Å². The lowest BCUT2D eigenvalue weighted by Crippen LogP contribution is -2.52. The first-order valence-corrected chi connectivity index (χ1v) is 9.04. The van der Waals surface area contributed by atoms with E-state index >= 15 is 0 Å². The molecule has 0 bridgehead atoms. The van der Waals surface area contributed by atoms with Gasteiger partial charge in [-0.2, -0.15) is 0 Å². The number of benzene rings is 1. The third kappa shape index (κ3) is 4.51. The first kappa shape index (κ1) is 19.0. The molecule has 0 aliphatic carbocycles. The highest BCUT2D eigenvalue weighted by Crippen LogP contribution is 2.32. The van der Waals surface area contributed by atoms with Crippen molar-refractivity contribution in [3.8, 4) is 5.75 Å². The summed E-state index contributed by atoms with van der Waals surface area (Å²) >= 11 is 0. The van der Waals surface area contributed by atoms with E-state index in [2.05, 4.69) is 10.6 Å². The number of hydrogen-bond donors (Lipinski definition) is 2. The first-order chi connectivity index (χ1) is 13.1. The molecule has 0 unspecified atom stereocenters. The quantitative estimate of drug-likeness (QED) is 0.757. The van der Waals surface area contributed by atoms with Crippen molar-refractivity contribution in [3.05, 3.63) is 41.7 Å². The lowest BCUT2D eigenvalue weighted by molar-refractivity contribution is -0.148. The number of rotatable bonds is 5. The normalized spacial score (nSPS) is 24.1. The summed E-state index contributed by atoms with van der Waals surface area (Å²) in [7, 11) is 1.59. The van der Waals surface area contributed by atoms with Gasteiger partial charge in [-0.1, -0.05) is 12.1 Å². The Hall–Kier alpha value is -2.74. The van der Waals surface area contributed by atoms with Crippen LogP contribution in [0.25, 0.3) is 0 Å². The van der Waals surface area contributed by atoms with Crippen LogP contribution >= 0.6 is 0 Å². The minimum Gasteiger partial charge on any atom is -0.497 e. The van der Waals surface area contributed by atoms with Gasteiger partial charge in [-0.15, -0.1) is 0 Å². The van der Waals surface area contributed by atoms with Crippen molar-refractivity contribution in [2.45, 2.75) is 13.0 Å². The molecule has 0 radical (unpaired) electrons. The minimum absolute atomic E-state index is 0.267. The molecule has 3 rings (SSSR count). The molecule has 8 nitrogen and oxygen atoms in total. The van der Waals surface area contributed by atoms with Crippen LogP contribution in [0.4, 0.5) is 4.79 Å². The largest absolute Gasteiger partial charge is 0.497 e. The summed E-state index contributed by atoms with van der Waals surface area (Å²) in [6.07, 6.45) is 1.83. The van der Waals surface area contributed by atoms with E-state index in [1.807, 2.05) is 23.2 Å². The summed E-state index contributed by atoms with van der Waals surface area (Å²) in [6.45, 7) is 4.67. The second kappa shape index (κ2) is 8.77. The van der Waals surface area contributed by atoms with Crippen LogP contribution in [0.5, 0.6) is 5.75 Å². The van der Waals surface area contributed by atoms with Crippen LogP contribution < -0.4 is 15.4 Å². The van der Waals surface area contributed by atoms with Gasteiger partial charge < -0.3 is 29.7 Å². The second-order valence-electron chi connectivity index (χ2n) is 6.31. The molecule has 2 amide bonds. The van der Waals surface area contributed by atoms with Crippen LogP contribution in [-0.2, 0) is 14.3 Å². The van der Waals surface area contributed by atoms with E-state index in [0.717, 1.165) is 5.56 Å². The molecule has 1 aromatic rings. The smallest absolute Gasteiger partial charge is 0.319 e. The molecule has 2 fully saturated rings. The fraction of sp³-hybridized carbons (Fsp3) is 0.474. The number of amides is 2. The molecule has 146 valence electrons. The van der Waals surface area contributed by atoms with E-state index < -0.39 is 12.0 Å². The fourth-order valence-electron chi connectivity index (χ4n) is 3.25. The number of morpholine rings is 1. The Morgan fingerprint density at radius 1 is 1.30 bits per heavy atom. The number of nitrogens with zero attached hydrogens (tertiary/aromatic N) is 1. The Morgan fingerprint density at radius 3 is 2.63 bits per heavy atom. The molecule has 2 saturated heterocycles. The zero-order chi connectivity index (χ0) is 19.2. The van der Waals surface area contributed by atoms with Gasteiger partial charge in [0.25, 0.3) is 0 Å². The Morgan fingerprint density at radius 2 is 2.00 bits per heavy atom. The number of urea groups is 1. The van der Waals surface area contributed by atoms with E-state index in [1.54, 1.807) is 26.2 Å². The SMILES string of the molecule is CCOC(=O)[C@H]1/C(=C\N2CCOCC2)NC(=O)N[C@H]1c1ccc(OC)cc1. The molecule has 2 heterocycles. The molecule has 2 atom stereocenters. The average Bonchev–Trinajstić information content (AvgIpc) is 2.68. The maximum Gasteiger partial charge on any atom is 0.319 e. The zero-order valence-electron chi connectivity index (χ0n) is 15.6. The van der Waals surface area contributed by atoms with Crippen LogP contribution in [-0.4, -0.2) is 56.9 Å². The number of esters is 1. The number of carbonyl (C=O) groups excluding carboxylic acids is 2. The Balaban J connectivity index is 1.94. The van der Waals surface area contributed by atoms with Crippen molar-refractivity contribution in [2.24, 2.45) is 5.92 Å². The molecule has 2 N–H and O–H groups in total. The van der Waals surface area contributed by atoms with E-state index in [-0.39, 0.29) is 18.6 Å². The second-order valence-corrected chi connectivity index (χ2v) is 6.31. The van der Waals surface area contributed by atoms with Crippen molar-refractivity contribution < 1.29 is 23.8 Å². The molecular weight excluding hydrogens is 350 g/mol. The minimum atomic E-state index is -0.668. The number of hydrogen-bond acceptors (Lipinski definition) is 6. The highest BCUT2D eigenvalue weighted by Gasteiger charge is 2.40. The molecule has 27 heavy (non-hydrogen) atoms. The van der Waals surface area contributed by atoms with Crippen molar-refractivity contribution in [3.63, 3.8) is 0 Å². The van der Waals surface area contributed by atoms with Gasteiger partial charge in [-0.25, -0.2) is 4.79 Å². The molecule has 2 aliphatic rings. The first-order valence-electron chi connectivity index (χ1n) is 9.04. The van der Waals surface area contributed by atoms with Crippen LogP contribution in [0.2, 0.25) is 0 Å². The summed E-state index contributed by atoms with van der Waals surface area (Å²) in [5.41, 5.74) is 1.33. The predicted molar refractivity (Wildman–Crippen MR) is 98.0 cm³/mol. The molecule has 0 aromatic heterocycles. The summed E-state index contributed by atoms with van der Waals surface area (Å²) in [5, 5.41) is 5.63. The van der Waals surface area contributed by atoms with Gasteiger partial charge in [0.15, 0.2) is 0 Å². The zero-order valence-corrected chi connectivity index (χ0v) is 15.6. The molecular formula is C19H25N3O5. The number of ether oxygens (including phenoxy) is 3. The van der Waals surface area contributed by atoms with Gasteiger partial charge in [0.1, 0.15) is 11.7 Å². The van der Waals surface area contributed by atoms with Gasteiger partial charge in [-0.05, 0) is 24.6 Å². The third-order valence-corrected chi connectivity index (χ3v) is 4.60. The summed E-state index contributed by atoms with van der Waals surface area (Å²) in [5.74, 6) is -0.347. The van der Waals surface area contributed by atoms with Gasteiger partial charge >= 0.3 is 12.0 Å². The Labute approximate surface area is 158 Å². The monoisotopic (exact) mass is 375 g/mol. The van der Waals surface area contributed by atoms with Crippen LogP contribution in [0.1, 0.15) is 18.5 Å². The lowest BCUT2D eigenvalue weighted by atomic mass is 9.88. The molecule has 8 heteroatoms. The Bertz CT molecular complexity index is 698. The average molecular weight is 375 g/mol. The van der Waals surface area contributed by atoms with Crippen LogP contribution in [0.15, 0.2) is 36.2 Å². The molecule has 0 saturated carbocycles. The van der Waals surface area contributed by atoms with Gasteiger partial charge in [-0.3, -0.25) is 4.79 Å². The number of methoxy groups -OCH3 is 1. The molecule has 0 spiro atoms.